The van der Waals surface area contributed by atoms with Gasteiger partial charge in [0, 0.05) is 24.7 Å². The highest BCUT2D eigenvalue weighted by atomic mass is 19.1. The van der Waals surface area contributed by atoms with Crippen LogP contribution in [0.2, 0.25) is 0 Å². The summed E-state index contributed by atoms with van der Waals surface area (Å²) in [5.74, 6) is 1.04. The smallest absolute Gasteiger partial charge is 0.149 e. The number of halogens is 1. The summed E-state index contributed by atoms with van der Waals surface area (Å²) in [6.45, 7) is 3.89. The zero-order valence-electron chi connectivity index (χ0n) is 12.1. The molecule has 2 aromatic rings. The first-order chi connectivity index (χ1) is 9.52. The van der Waals surface area contributed by atoms with Crippen molar-refractivity contribution in [2.75, 3.05) is 7.11 Å². The van der Waals surface area contributed by atoms with E-state index in [0.717, 1.165) is 5.82 Å². The summed E-state index contributed by atoms with van der Waals surface area (Å²) in [5.41, 5.74) is 0.597. The van der Waals surface area contributed by atoms with Gasteiger partial charge in [-0.1, -0.05) is 6.07 Å². The highest BCUT2D eigenvalue weighted by Crippen LogP contribution is 2.23. The molecular weight excluding hydrogens is 259 g/mol. The molecule has 1 heterocycles. The second-order valence-electron chi connectivity index (χ2n) is 4.80. The number of benzene rings is 1. The average Bonchev–Trinajstić information content (AvgIpc) is 2.84. The molecule has 0 amide bonds. The van der Waals surface area contributed by atoms with Gasteiger partial charge >= 0.3 is 0 Å². The van der Waals surface area contributed by atoms with Gasteiger partial charge in [0.05, 0.1) is 13.2 Å². The van der Waals surface area contributed by atoms with Gasteiger partial charge < -0.3 is 14.6 Å². The number of rotatable bonds is 5. The number of hydrogen-bond acceptors (Lipinski definition) is 4. The van der Waals surface area contributed by atoms with Crippen LogP contribution in [-0.2, 0) is 7.05 Å². The van der Waals surface area contributed by atoms with Crippen molar-refractivity contribution in [3.8, 4) is 5.75 Å². The Bertz CT molecular complexity index is 584. The minimum Gasteiger partial charge on any atom is -0.497 e. The number of aromatic nitrogens is 3. The Morgan fingerprint density at radius 2 is 2.05 bits per heavy atom. The summed E-state index contributed by atoms with van der Waals surface area (Å²) in [5, 5.41) is 11.2. The summed E-state index contributed by atoms with van der Waals surface area (Å²) in [6, 6.07) is 4.70. The predicted molar refractivity (Wildman–Crippen MR) is 73.9 cm³/mol. The fourth-order valence-electron chi connectivity index (χ4n) is 2.21. The number of hydrogen-bond donors (Lipinski definition) is 1. The van der Waals surface area contributed by atoms with Crippen LogP contribution in [0.5, 0.6) is 5.75 Å². The van der Waals surface area contributed by atoms with Gasteiger partial charge in [-0.05, 0) is 19.9 Å². The van der Waals surface area contributed by atoms with Crippen molar-refractivity contribution in [1.82, 2.24) is 20.1 Å². The Morgan fingerprint density at radius 3 is 2.60 bits per heavy atom. The molecule has 6 heteroatoms. The molecule has 0 aliphatic heterocycles. The first-order valence-electron chi connectivity index (χ1n) is 6.46. The molecule has 2 atom stereocenters. The van der Waals surface area contributed by atoms with E-state index in [0.29, 0.717) is 11.3 Å². The molecule has 1 aromatic heterocycles. The molecule has 0 bridgehead atoms. The molecule has 1 N–H and O–H groups in total. The van der Waals surface area contributed by atoms with E-state index in [1.54, 1.807) is 18.5 Å². The molecule has 0 saturated carbocycles. The molecule has 108 valence electrons. The fraction of sp³-hybridized carbons (Fsp3) is 0.429. The van der Waals surface area contributed by atoms with E-state index in [-0.39, 0.29) is 17.9 Å². The van der Waals surface area contributed by atoms with E-state index in [2.05, 4.69) is 15.5 Å². The van der Waals surface area contributed by atoms with Gasteiger partial charge in [0.2, 0.25) is 0 Å². The molecule has 1 aromatic carbocycles. The Labute approximate surface area is 117 Å². The average molecular weight is 278 g/mol. The zero-order chi connectivity index (χ0) is 14.7. The van der Waals surface area contributed by atoms with E-state index >= 15 is 0 Å². The third-order valence-corrected chi connectivity index (χ3v) is 3.31. The molecule has 2 rings (SSSR count). The number of nitrogens with zero attached hydrogens (tertiary/aromatic N) is 3. The standard InChI is InChI=1S/C14H19FN4O/c1-9(12-6-5-11(20-4)7-13(12)15)17-10(2)14-18-16-8-19(14)3/h5-10,17H,1-4H3. The molecule has 20 heavy (non-hydrogen) atoms. The van der Waals surface area contributed by atoms with E-state index in [1.165, 1.54) is 13.2 Å². The molecule has 0 aliphatic carbocycles. The normalized spacial score (nSPS) is 14.1. The van der Waals surface area contributed by atoms with Crippen molar-refractivity contribution < 1.29 is 9.13 Å². The van der Waals surface area contributed by atoms with Gasteiger partial charge in [0.15, 0.2) is 0 Å². The van der Waals surface area contributed by atoms with Crippen molar-refractivity contribution in [1.29, 1.82) is 0 Å². The first-order valence-corrected chi connectivity index (χ1v) is 6.46. The minimum absolute atomic E-state index is 0.0287. The summed E-state index contributed by atoms with van der Waals surface area (Å²) in [6.07, 6.45) is 1.64. The van der Waals surface area contributed by atoms with Gasteiger partial charge in [-0.25, -0.2) is 4.39 Å². The molecule has 0 spiro atoms. The molecule has 0 fully saturated rings. The third kappa shape index (κ3) is 2.96. The second kappa shape index (κ2) is 6.00. The van der Waals surface area contributed by atoms with Crippen LogP contribution in [0, 0.1) is 5.82 Å². The van der Waals surface area contributed by atoms with Crippen LogP contribution in [0.1, 0.15) is 37.3 Å². The lowest BCUT2D eigenvalue weighted by atomic mass is 10.1. The van der Waals surface area contributed by atoms with Crippen molar-refractivity contribution in [3.05, 3.63) is 41.7 Å². The fourth-order valence-corrected chi connectivity index (χ4v) is 2.21. The van der Waals surface area contributed by atoms with Crippen LogP contribution >= 0.6 is 0 Å². The summed E-state index contributed by atoms with van der Waals surface area (Å²) < 4.78 is 20.9. The lowest BCUT2D eigenvalue weighted by molar-refractivity contribution is 0.407. The van der Waals surface area contributed by atoms with Gasteiger partial charge in [0.25, 0.3) is 0 Å². The number of nitrogens with one attached hydrogen (secondary N) is 1. The van der Waals surface area contributed by atoms with E-state index in [4.69, 9.17) is 4.74 Å². The molecule has 0 aliphatic rings. The molecular formula is C14H19FN4O. The topological polar surface area (TPSA) is 52.0 Å². The summed E-state index contributed by atoms with van der Waals surface area (Å²) in [4.78, 5) is 0. The van der Waals surface area contributed by atoms with Gasteiger partial charge in [0.1, 0.15) is 23.7 Å². The Balaban J connectivity index is 2.12. The lowest BCUT2D eigenvalue weighted by Crippen LogP contribution is -2.25. The maximum Gasteiger partial charge on any atom is 0.149 e. The first kappa shape index (κ1) is 14.5. The van der Waals surface area contributed by atoms with Crippen molar-refractivity contribution in [3.63, 3.8) is 0 Å². The Kier molecular flexibility index (Phi) is 4.34. The monoisotopic (exact) mass is 278 g/mol. The maximum atomic E-state index is 14.0. The molecule has 0 saturated heterocycles. The quantitative estimate of drug-likeness (QED) is 0.912. The van der Waals surface area contributed by atoms with E-state index < -0.39 is 0 Å². The van der Waals surface area contributed by atoms with Crippen molar-refractivity contribution >= 4 is 0 Å². The largest absolute Gasteiger partial charge is 0.497 e. The maximum absolute atomic E-state index is 14.0. The van der Waals surface area contributed by atoms with E-state index in [9.17, 15) is 4.39 Å². The number of aryl methyl sites for hydroxylation is 1. The van der Waals surface area contributed by atoms with Crippen molar-refractivity contribution in [2.45, 2.75) is 25.9 Å². The van der Waals surface area contributed by atoms with Crippen LogP contribution in [0.3, 0.4) is 0 Å². The number of ether oxygens (including phenoxy) is 1. The Hall–Kier alpha value is -1.95. The van der Waals surface area contributed by atoms with Crippen molar-refractivity contribution in [2.24, 2.45) is 7.05 Å². The van der Waals surface area contributed by atoms with Crippen LogP contribution in [-0.4, -0.2) is 21.9 Å². The SMILES string of the molecule is COc1ccc(C(C)NC(C)c2nncn2C)c(F)c1. The molecule has 0 radical (unpaired) electrons. The van der Waals surface area contributed by atoms with E-state index in [1.807, 2.05) is 25.5 Å². The van der Waals surface area contributed by atoms with Crippen LogP contribution < -0.4 is 10.1 Å². The predicted octanol–water partition coefficient (Wildman–Crippen LogP) is 2.37. The van der Waals surface area contributed by atoms with Gasteiger partial charge in [-0.15, -0.1) is 10.2 Å². The lowest BCUT2D eigenvalue weighted by Gasteiger charge is -2.20. The highest BCUT2D eigenvalue weighted by Gasteiger charge is 2.17. The second-order valence-corrected chi connectivity index (χ2v) is 4.80. The van der Waals surface area contributed by atoms with Crippen LogP contribution in [0.15, 0.2) is 24.5 Å². The van der Waals surface area contributed by atoms with Crippen LogP contribution in [0.4, 0.5) is 4.39 Å². The van der Waals surface area contributed by atoms with Gasteiger partial charge in [-0.3, -0.25) is 0 Å². The minimum atomic E-state index is -0.283. The summed E-state index contributed by atoms with van der Waals surface area (Å²) >= 11 is 0. The Morgan fingerprint density at radius 1 is 1.30 bits per heavy atom. The van der Waals surface area contributed by atoms with Crippen LogP contribution in [0.25, 0.3) is 0 Å². The zero-order valence-corrected chi connectivity index (χ0v) is 12.1. The molecule has 2 unspecified atom stereocenters. The highest BCUT2D eigenvalue weighted by molar-refractivity contribution is 5.30. The summed E-state index contributed by atoms with van der Waals surface area (Å²) in [7, 11) is 3.40. The third-order valence-electron chi connectivity index (χ3n) is 3.31. The van der Waals surface area contributed by atoms with Gasteiger partial charge in [-0.2, -0.15) is 0 Å². The number of methoxy groups -OCH3 is 1. The molecule has 5 nitrogen and oxygen atoms in total.